The van der Waals surface area contributed by atoms with E-state index in [-0.39, 0.29) is 13.0 Å². The monoisotopic (exact) mass is 467 g/mol. The number of aliphatic hydroxyl groups is 2. The number of primary amides is 1. The van der Waals surface area contributed by atoms with Gasteiger partial charge >= 0.3 is 0 Å². The quantitative estimate of drug-likeness (QED) is 0.364. The number of aldehydes is 1. The van der Waals surface area contributed by atoms with Gasteiger partial charge in [0.1, 0.15) is 24.7 Å². The van der Waals surface area contributed by atoms with Crippen LogP contribution in [-0.4, -0.2) is 51.4 Å². The number of aliphatic hydroxyl groups excluding tert-OH is 2. The van der Waals surface area contributed by atoms with Crippen molar-refractivity contribution in [3.8, 4) is 28.6 Å². The summed E-state index contributed by atoms with van der Waals surface area (Å²) in [5.74, 6) is 0.435. The number of rotatable bonds is 11. The fourth-order valence-electron chi connectivity index (χ4n) is 3.64. The summed E-state index contributed by atoms with van der Waals surface area (Å²) in [6.45, 7) is 5.74. The number of carbonyl (C=O) groups is 2. The highest BCUT2D eigenvalue weighted by Gasteiger charge is 2.19. The van der Waals surface area contributed by atoms with Crippen LogP contribution < -0.4 is 10.5 Å². The number of nitrogens with zero attached hydrogens (tertiary/aromatic N) is 2. The summed E-state index contributed by atoms with van der Waals surface area (Å²) in [7, 11) is 0. The minimum atomic E-state index is -1.43. The third-order valence-electron chi connectivity index (χ3n) is 5.47. The van der Waals surface area contributed by atoms with Gasteiger partial charge in [-0.3, -0.25) is 9.59 Å². The molecule has 9 heteroatoms. The molecular formula is C25H29N3O6. The molecule has 0 spiro atoms. The van der Waals surface area contributed by atoms with Gasteiger partial charge in [-0.2, -0.15) is 4.98 Å². The standard InChI is InChI=1S/C25H29N3O6/c1-4-15-7-16(12-29)9-19(8-15)25-27-24(28-34-25)18-6-14(3)22(17(5-2)10-18)33-13-20(30)11-21(31)23(26)32/h6-10,12,20-21,30-31H,4-5,11,13H2,1-3H3,(H2,26,32)/t20-,21?/m0/s1. The Bertz CT molecular complexity index is 1170. The normalized spacial score (nSPS) is 12.9. The largest absolute Gasteiger partial charge is 0.490 e. The van der Waals surface area contributed by atoms with Gasteiger partial charge in [-0.05, 0) is 66.8 Å². The number of hydrogen-bond acceptors (Lipinski definition) is 8. The molecule has 9 nitrogen and oxygen atoms in total. The number of amides is 1. The Kier molecular flexibility index (Phi) is 8.14. The Hall–Kier alpha value is -3.56. The lowest BCUT2D eigenvalue weighted by molar-refractivity contribution is -0.127. The number of nitrogens with two attached hydrogens (primary N) is 1. The molecule has 3 rings (SSSR count). The van der Waals surface area contributed by atoms with Crippen molar-refractivity contribution in [3.63, 3.8) is 0 Å². The van der Waals surface area contributed by atoms with Crippen molar-refractivity contribution in [2.75, 3.05) is 6.61 Å². The molecule has 1 aromatic heterocycles. The van der Waals surface area contributed by atoms with E-state index in [1.807, 2.05) is 45.0 Å². The molecule has 0 aliphatic rings. The van der Waals surface area contributed by atoms with Crippen molar-refractivity contribution >= 4 is 12.2 Å². The minimum absolute atomic E-state index is 0.100. The van der Waals surface area contributed by atoms with Crippen LogP contribution >= 0.6 is 0 Å². The maximum absolute atomic E-state index is 11.3. The van der Waals surface area contributed by atoms with E-state index < -0.39 is 18.1 Å². The first-order chi connectivity index (χ1) is 16.2. The Morgan fingerprint density at radius 2 is 1.91 bits per heavy atom. The van der Waals surface area contributed by atoms with E-state index in [9.17, 15) is 19.8 Å². The van der Waals surface area contributed by atoms with E-state index in [1.165, 1.54) is 0 Å². The molecule has 0 fully saturated rings. The van der Waals surface area contributed by atoms with E-state index in [2.05, 4.69) is 10.1 Å². The molecule has 2 atom stereocenters. The van der Waals surface area contributed by atoms with Crippen LogP contribution in [0.3, 0.4) is 0 Å². The first-order valence-corrected chi connectivity index (χ1v) is 11.1. The fraction of sp³-hybridized carbons (Fsp3) is 0.360. The van der Waals surface area contributed by atoms with E-state index in [0.717, 1.165) is 35.0 Å². The highest BCUT2D eigenvalue weighted by atomic mass is 16.5. The van der Waals surface area contributed by atoms with Crippen LogP contribution in [0.2, 0.25) is 0 Å². The third kappa shape index (κ3) is 5.86. The maximum Gasteiger partial charge on any atom is 0.258 e. The van der Waals surface area contributed by atoms with Crippen molar-refractivity contribution in [3.05, 3.63) is 52.6 Å². The van der Waals surface area contributed by atoms with Gasteiger partial charge < -0.3 is 25.2 Å². The average Bonchev–Trinajstić information content (AvgIpc) is 3.32. The van der Waals surface area contributed by atoms with Gasteiger partial charge in [0.2, 0.25) is 11.7 Å². The molecule has 0 bridgehead atoms. The Morgan fingerprint density at radius 1 is 1.15 bits per heavy atom. The van der Waals surface area contributed by atoms with Crippen LogP contribution in [0.5, 0.6) is 5.75 Å². The van der Waals surface area contributed by atoms with E-state index in [4.69, 9.17) is 15.0 Å². The zero-order valence-corrected chi connectivity index (χ0v) is 19.4. The molecule has 0 aliphatic heterocycles. The summed E-state index contributed by atoms with van der Waals surface area (Å²) in [5.41, 5.74) is 9.67. The number of aryl methyl sites for hydroxylation is 3. The molecular weight excluding hydrogens is 438 g/mol. The second-order valence-corrected chi connectivity index (χ2v) is 8.11. The highest BCUT2D eigenvalue weighted by molar-refractivity contribution is 5.79. The van der Waals surface area contributed by atoms with E-state index in [1.54, 1.807) is 6.07 Å². The molecule has 1 amide bonds. The van der Waals surface area contributed by atoms with Crippen molar-refractivity contribution < 1.29 is 29.1 Å². The van der Waals surface area contributed by atoms with Gasteiger partial charge in [0.05, 0.1) is 6.10 Å². The van der Waals surface area contributed by atoms with Crippen molar-refractivity contribution in [2.24, 2.45) is 5.73 Å². The fourth-order valence-corrected chi connectivity index (χ4v) is 3.64. The molecule has 0 saturated carbocycles. The van der Waals surface area contributed by atoms with Gasteiger partial charge in [-0.15, -0.1) is 0 Å². The SMILES string of the molecule is CCc1cc(C=O)cc(-c2nc(-c3cc(C)c(OC[C@@H](O)CC(O)C(N)=O)c(CC)c3)no2)c1. The molecule has 3 aromatic rings. The molecule has 1 unspecified atom stereocenters. The predicted molar refractivity (Wildman–Crippen MR) is 125 cm³/mol. The molecule has 1 heterocycles. The zero-order chi connectivity index (χ0) is 24.8. The Morgan fingerprint density at radius 3 is 2.56 bits per heavy atom. The molecule has 2 aromatic carbocycles. The highest BCUT2D eigenvalue weighted by Crippen LogP contribution is 2.31. The zero-order valence-electron chi connectivity index (χ0n) is 19.4. The number of hydrogen-bond donors (Lipinski definition) is 3. The number of carbonyl (C=O) groups excluding carboxylic acids is 2. The lowest BCUT2D eigenvalue weighted by Crippen LogP contribution is -2.33. The third-order valence-corrected chi connectivity index (χ3v) is 5.47. The van der Waals surface area contributed by atoms with Crippen LogP contribution in [0.1, 0.15) is 47.3 Å². The molecule has 34 heavy (non-hydrogen) atoms. The molecule has 4 N–H and O–H groups in total. The van der Waals surface area contributed by atoms with E-state index in [0.29, 0.717) is 35.0 Å². The van der Waals surface area contributed by atoms with Gasteiger partial charge in [-0.1, -0.05) is 19.0 Å². The summed E-state index contributed by atoms with van der Waals surface area (Å²) >= 11 is 0. The summed E-state index contributed by atoms with van der Waals surface area (Å²) in [4.78, 5) is 26.8. The summed E-state index contributed by atoms with van der Waals surface area (Å²) in [6.07, 6.45) is -0.476. The lowest BCUT2D eigenvalue weighted by Gasteiger charge is -2.18. The summed E-state index contributed by atoms with van der Waals surface area (Å²) in [6, 6.07) is 9.21. The first-order valence-electron chi connectivity index (χ1n) is 11.1. The molecule has 0 aliphatic carbocycles. The van der Waals surface area contributed by atoms with Crippen LogP contribution in [0.25, 0.3) is 22.8 Å². The van der Waals surface area contributed by atoms with Crippen molar-refractivity contribution in [1.29, 1.82) is 0 Å². The molecule has 180 valence electrons. The number of aromatic nitrogens is 2. The first kappa shape index (κ1) is 25.1. The van der Waals surface area contributed by atoms with Gasteiger partial charge in [0, 0.05) is 23.1 Å². The predicted octanol–water partition coefficient (Wildman–Crippen LogP) is 2.63. The summed E-state index contributed by atoms with van der Waals surface area (Å²) < 4.78 is 11.3. The topological polar surface area (TPSA) is 149 Å². The second-order valence-electron chi connectivity index (χ2n) is 8.11. The Labute approximate surface area is 197 Å². The second kappa shape index (κ2) is 11.0. The van der Waals surface area contributed by atoms with Crippen LogP contribution in [0, 0.1) is 6.92 Å². The van der Waals surface area contributed by atoms with E-state index >= 15 is 0 Å². The lowest BCUT2D eigenvalue weighted by atomic mass is 10.0. The molecule has 0 radical (unpaired) electrons. The number of benzene rings is 2. The van der Waals surface area contributed by atoms with Crippen LogP contribution in [0.15, 0.2) is 34.9 Å². The summed E-state index contributed by atoms with van der Waals surface area (Å²) in [5, 5.41) is 23.7. The van der Waals surface area contributed by atoms with Crippen molar-refractivity contribution in [1.82, 2.24) is 10.1 Å². The van der Waals surface area contributed by atoms with Gasteiger partial charge in [-0.25, -0.2) is 0 Å². The smallest absolute Gasteiger partial charge is 0.258 e. The Balaban J connectivity index is 1.83. The average molecular weight is 468 g/mol. The minimum Gasteiger partial charge on any atom is -0.490 e. The maximum atomic E-state index is 11.3. The molecule has 0 saturated heterocycles. The number of ether oxygens (including phenoxy) is 1. The van der Waals surface area contributed by atoms with Gasteiger partial charge in [0.15, 0.2) is 0 Å². The van der Waals surface area contributed by atoms with Crippen molar-refractivity contribution in [2.45, 2.75) is 52.2 Å². The van der Waals surface area contributed by atoms with Crippen LogP contribution in [0.4, 0.5) is 0 Å². The van der Waals surface area contributed by atoms with Gasteiger partial charge in [0.25, 0.3) is 5.89 Å². The van der Waals surface area contributed by atoms with Crippen LogP contribution in [-0.2, 0) is 17.6 Å².